The summed E-state index contributed by atoms with van der Waals surface area (Å²) in [5.41, 5.74) is 2.66. The highest BCUT2D eigenvalue weighted by atomic mass is 16.5. The van der Waals surface area contributed by atoms with Crippen LogP contribution < -0.4 is 4.74 Å². The molecule has 2 amide bonds. The number of aromatic nitrogens is 2. The normalized spacial score (nSPS) is 10.5. The highest BCUT2D eigenvalue weighted by Crippen LogP contribution is 2.22. The van der Waals surface area contributed by atoms with Crippen LogP contribution in [-0.2, 0) is 6.54 Å². The first kappa shape index (κ1) is 21.1. The Balaban J connectivity index is 1.81. The maximum atomic E-state index is 13.2. The molecule has 7 heteroatoms. The lowest BCUT2D eigenvalue weighted by atomic mass is 10.1. The number of carbonyl (C=O) groups is 2. The van der Waals surface area contributed by atoms with Crippen molar-refractivity contribution >= 4 is 11.8 Å². The second-order valence-corrected chi connectivity index (χ2v) is 7.04. The Bertz CT molecular complexity index is 1010. The Labute approximate surface area is 176 Å². The monoisotopic (exact) mass is 406 g/mol. The fourth-order valence-corrected chi connectivity index (χ4v) is 3.08. The molecule has 2 aromatic carbocycles. The smallest absolute Gasteiger partial charge is 0.278 e. The molecule has 3 rings (SSSR count). The van der Waals surface area contributed by atoms with Gasteiger partial charge >= 0.3 is 0 Å². The summed E-state index contributed by atoms with van der Waals surface area (Å²) in [5.74, 6) is 0.160. The van der Waals surface area contributed by atoms with Gasteiger partial charge in [0.15, 0.2) is 11.4 Å². The fraction of sp³-hybridized carbons (Fsp3) is 0.261. The number of carbonyl (C=O) groups excluding carboxylic acids is 2. The minimum atomic E-state index is -0.211. The SMILES string of the molecule is CCN(Cc1ccc(C(=O)N(C)C)cc1)C(=O)c1nn(-c2ccccc2)cc1OC. The molecular weight excluding hydrogens is 380 g/mol. The summed E-state index contributed by atoms with van der Waals surface area (Å²) in [6, 6.07) is 16.9. The molecule has 0 atom stereocenters. The van der Waals surface area contributed by atoms with Crippen molar-refractivity contribution < 1.29 is 14.3 Å². The molecule has 1 heterocycles. The third kappa shape index (κ3) is 4.51. The van der Waals surface area contributed by atoms with Crippen molar-refractivity contribution in [1.29, 1.82) is 0 Å². The molecule has 3 aromatic rings. The van der Waals surface area contributed by atoms with E-state index in [2.05, 4.69) is 5.10 Å². The highest BCUT2D eigenvalue weighted by Gasteiger charge is 2.23. The first-order valence-corrected chi connectivity index (χ1v) is 9.73. The summed E-state index contributed by atoms with van der Waals surface area (Å²) in [6.07, 6.45) is 1.71. The fourth-order valence-electron chi connectivity index (χ4n) is 3.08. The molecule has 1 aromatic heterocycles. The molecule has 0 spiro atoms. The van der Waals surface area contributed by atoms with Crippen molar-refractivity contribution in [2.45, 2.75) is 13.5 Å². The number of rotatable bonds is 7. The standard InChI is InChI=1S/C23H26N4O3/c1-5-26(15-17-11-13-18(14-12-17)22(28)25(2)3)23(29)21-20(30-4)16-27(24-21)19-9-7-6-8-10-19/h6-14,16H,5,15H2,1-4H3. The quantitative estimate of drug-likeness (QED) is 0.604. The van der Waals surface area contributed by atoms with E-state index in [1.807, 2.05) is 49.4 Å². The number of amides is 2. The van der Waals surface area contributed by atoms with Crippen LogP contribution in [-0.4, -0.2) is 59.1 Å². The van der Waals surface area contributed by atoms with Crippen LogP contribution in [0, 0.1) is 0 Å². The van der Waals surface area contributed by atoms with Crippen LogP contribution in [0.25, 0.3) is 5.69 Å². The van der Waals surface area contributed by atoms with Crippen LogP contribution >= 0.6 is 0 Å². The third-order valence-electron chi connectivity index (χ3n) is 4.77. The number of para-hydroxylation sites is 1. The van der Waals surface area contributed by atoms with Crippen molar-refractivity contribution in [3.8, 4) is 11.4 Å². The van der Waals surface area contributed by atoms with Crippen LogP contribution in [0.3, 0.4) is 0 Å². The van der Waals surface area contributed by atoms with Crippen molar-refractivity contribution in [2.24, 2.45) is 0 Å². The summed E-state index contributed by atoms with van der Waals surface area (Å²) in [7, 11) is 4.96. The van der Waals surface area contributed by atoms with Gasteiger partial charge in [-0.05, 0) is 36.8 Å². The van der Waals surface area contributed by atoms with Crippen LogP contribution in [0.1, 0.15) is 33.3 Å². The van der Waals surface area contributed by atoms with Gasteiger partial charge in [0.25, 0.3) is 11.8 Å². The van der Waals surface area contributed by atoms with Crippen LogP contribution in [0.5, 0.6) is 5.75 Å². The van der Waals surface area contributed by atoms with Gasteiger partial charge in [0.1, 0.15) is 0 Å². The molecule has 0 radical (unpaired) electrons. The van der Waals surface area contributed by atoms with Gasteiger partial charge in [-0.3, -0.25) is 9.59 Å². The molecule has 0 aliphatic carbocycles. The number of hydrogen-bond donors (Lipinski definition) is 0. The highest BCUT2D eigenvalue weighted by molar-refractivity contribution is 5.95. The van der Waals surface area contributed by atoms with Crippen LogP contribution in [0.4, 0.5) is 0 Å². The van der Waals surface area contributed by atoms with E-state index >= 15 is 0 Å². The van der Waals surface area contributed by atoms with Gasteiger partial charge in [-0.25, -0.2) is 4.68 Å². The van der Waals surface area contributed by atoms with E-state index in [1.54, 1.807) is 42.0 Å². The first-order valence-electron chi connectivity index (χ1n) is 9.73. The lowest BCUT2D eigenvalue weighted by Crippen LogP contribution is -2.31. The molecule has 0 aliphatic heterocycles. The second-order valence-electron chi connectivity index (χ2n) is 7.04. The topological polar surface area (TPSA) is 67.7 Å². The van der Waals surface area contributed by atoms with E-state index < -0.39 is 0 Å². The van der Waals surface area contributed by atoms with E-state index in [9.17, 15) is 9.59 Å². The maximum Gasteiger partial charge on any atom is 0.278 e. The zero-order valence-corrected chi connectivity index (χ0v) is 17.7. The van der Waals surface area contributed by atoms with Gasteiger partial charge in [-0.15, -0.1) is 0 Å². The molecule has 0 N–H and O–H groups in total. The predicted molar refractivity (Wildman–Crippen MR) is 115 cm³/mol. The Kier molecular flexibility index (Phi) is 6.51. The Hall–Kier alpha value is -3.61. The maximum absolute atomic E-state index is 13.2. The summed E-state index contributed by atoms with van der Waals surface area (Å²) < 4.78 is 7.05. The number of hydrogen-bond acceptors (Lipinski definition) is 4. The number of methoxy groups -OCH3 is 1. The predicted octanol–water partition coefficient (Wildman–Crippen LogP) is 3.25. The van der Waals surface area contributed by atoms with Crippen LogP contribution in [0.2, 0.25) is 0 Å². The molecule has 0 saturated heterocycles. The molecule has 7 nitrogen and oxygen atoms in total. The zero-order valence-electron chi connectivity index (χ0n) is 17.7. The van der Waals surface area contributed by atoms with Gasteiger partial charge in [0.05, 0.1) is 19.0 Å². The largest absolute Gasteiger partial charge is 0.493 e. The average Bonchev–Trinajstić information content (AvgIpc) is 3.22. The van der Waals surface area contributed by atoms with E-state index in [0.717, 1.165) is 11.3 Å². The third-order valence-corrected chi connectivity index (χ3v) is 4.77. The van der Waals surface area contributed by atoms with Crippen LogP contribution in [0.15, 0.2) is 60.8 Å². The number of nitrogens with zero attached hydrogens (tertiary/aromatic N) is 4. The van der Waals surface area contributed by atoms with Crippen molar-refractivity contribution in [2.75, 3.05) is 27.7 Å². The Morgan fingerprint density at radius 3 is 2.23 bits per heavy atom. The minimum absolute atomic E-state index is 0.0545. The van der Waals surface area contributed by atoms with Gasteiger partial charge in [-0.2, -0.15) is 5.10 Å². The molecule has 30 heavy (non-hydrogen) atoms. The zero-order chi connectivity index (χ0) is 21.7. The summed E-state index contributed by atoms with van der Waals surface area (Å²) in [6.45, 7) is 2.84. The Morgan fingerprint density at radius 1 is 1.00 bits per heavy atom. The number of ether oxygens (including phenoxy) is 1. The van der Waals surface area contributed by atoms with E-state index in [4.69, 9.17) is 4.74 Å². The van der Waals surface area contributed by atoms with Crippen molar-refractivity contribution in [3.63, 3.8) is 0 Å². The minimum Gasteiger partial charge on any atom is -0.493 e. The van der Waals surface area contributed by atoms with E-state index in [0.29, 0.717) is 24.4 Å². The van der Waals surface area contributed by atoms with Crippen molar-refractivity contribution in [3.05, 3.63) is 77.6 Å². The molecular formula is C23H26N4O3. The molecule has 0 aliphatic rings. The summed E-state index contributed by atoms with van der Waals surface area (Å²) >= 11 is 0. The molecule has 0 saturated carbocycles. The Morgan fingerprint density at radius 2 is 1.67 bits per heavy atom. The number of benzene rings is 2. The average molecular weight is 406 g/mol. The lowest BCUT2D eigenvalue weighted by molar-refractivity contribution is 0.0741. The van der Waals surface area contributed by atoms with E-state index in [1.165, 1.54) is 12.0 Å². The van der Waals surface area contributed by atoms with Gasteiger partial charge in [0, 0.05) is 32.7 Å². The molecule has 0 fully saturated rings. The molecule has 0 bridgehead atoms. The van der Waals surface area contributed by atoms with Crippen molar-refractivity contribution in [1.82, 2.24) is 19.6 Å². The van der Waals surface area contributed by atoms with Gasteiger partial charge < -0.3 is 14.5 Å². The van der Waals surface area contributed by atoms with Gasteiger partial charge in [0.2, 0.25) is 0 Å². The lowest BCUT2D eigenvalue weighted by Gasteiger charge is -2.20. The molecule has 0 unspecified atom stereocenters. The molecule has 156 valence electrons. The first-order chi connectivity index (χ1) is 14.4. The van der Waals surface area contributed by atoms with E-state index in [-0.39, 0.29) is 17.5 Å². The second kappa shape index (κ2) is 9.26. The van der Waals surface area contributed by atoms with Gasteiger partial charge in [-0.1, -0.05) is 30.3 Å². The summed E-state index contributed by atoms with van der Waals surface area (Å²) in [4.78, 5) is 28.5. The summed E-state index contributed by atoms with van der Waals surface area (Å²) in [5, 5.41) is 4.47.